The van der Waals surface area contributed by atoms with Gasteiger partial charge in [0.2, 0.25) is 11.7 Å². The van der Waals surface area contributed by atoms with E-state index in [1.54, 1.807) is 12.1 Å². The highest BCUT2D eigenvalue weighted by Crippen LogP contribution is 2.27. The Morgan fingerprint density at radius 2 is 2.04 bits per heavy atom. The SMILES string of the molecule is Cc1ccc(CN(C(=O)CN2CCN(C)CC2)c2ncccc2[N+](=O)[O-])o1. The minimum Gasteiger partial charge on any atom is -0.464 e. The zero-order valence-electron chi connectivity index (χ0n) is 15.5. The van der Waals surface area contributed by atoms with E-state index in [9.17, 15) is 14.9 Å². The van der Waals surface area contributed by atoms with E-state index < -0.39 is 4.92 Å². The molecule has 0 saturated carbocycles. The number of furan rings is 1. The van der Waals surface area contributed by atoms with Crippen LogP contribution in [0.4, 0.5) is 11.5 Å². The predicted molar refractivity (Wildman–Crippen MR) is 99.5 cm³/mol. The van der Waals surface area contributed by atoms with E-state index in [4.69, 9.17) is 4.42 Å². The first-order chi connectivity index (χ1) is 12.9. The van der Waals surface area contributed by atoms with Crippen molar-refractivity contribution in [1.82, 2.24) is 14.8 Å². The van der Waals surface area contributed by atoms with Crippen molar-refractivity contribution in [3.05, 3.63) is 52.1 Å². The fraction of sp³-hybridized carbons (Fsp3) is 0.444. The maximum atomic E-state index is 13.0. The van der Waals surface area contributed by atoms with E-state index in [0.717, 1.165) is 26.2 Å². The predicted octanol–water partition coefficient (Wildman–Crippen LogP) is 1.67. The molecular formula is C18H23N5O4. The number of pyridine rings is 1. The fourth-order valence-corrected chi connectivity index (χ4v) is 3.03. The molecule has 2 aromatic heterocycles. The van der Waals surface area contributed by atoms with E-state index in [2.05, 4.69) is 14.8 Å². The molecule has 0 bridgehead atoms. The van der Waals surface area contributed by atoms with Crippen LogP contribution in [0.1, 0.15) is 11.5 Å². The van der Waals surface area contributed by atoms with Gasteiger partial charge in [0.15, 0.2) is 0 Å². The molecule has 1 amide bonds. The molecule has 0 spiro atoms. The number of likely N-dealkylation sites (N-methyl/N-ethyl adjacent to an activating group) is 1. The number of carbonyl (C=O) groups is 1. The van der Waals surface area contributed by atoms with Crippen LogP contribution in [0.15, 0.2) is 34.9 Å². The van der Waals surface area contributed by atoms with Gasteiger partial charge < -0.3 is 9.32 Å². The van der Waals surface area contributed by atoms with Crippen molar-refractivity contribution in [3.63, 3.8) is 0 Å². The second-order valence-corrected chi connectivity index (χ2v) is 6.67. The van der Waals surface area contributed by atoms with Gasteiger partial charge in [-0.05, 0) is 32.2 Å². The van der Waals surface area contributed by atoms with E-state index in [1.165, 1.54) is 23.2 Å². The maximum Gasteiger partial charge on any atom is 0.312 e. The molecule has 1 aliphatic rings. The average molecular weight is 373 g/mol. The Bertz CT molecular complexity index is 814. The molecule has 0 aliphatic carbocycles. The number of anilines is 1. The molecule has 1 fully saturated rings. The smallest absolute Gasteiger partial charge is 0.312 e. The van der Waals surface area contributed by atoms with Crippen LogP contribution in [0, 0.1) is 17.0 Å². The molecule has 3 rings (SSSR count). The van der Waals surface area contributed by atoms with Gasteiger partial charge >= 0.3 is 5.69 Å². The number of amides is 1. The van der Waals surface area contributed by atoms with Crippen LogP contribution in [-0.2, 0) is 11.3 Å². The highest BCUT2D eigenvalue weighted by Gasteiger charge is 2.28. The van der Waals surface area contributed by atoms with Gasteiger partial charge in [-0.2, -0.15) is 0 Å². The summed E-state index contributed by atoms with van der Waals surface area (Å²) < 4.78 is 5.58. The first kappa shape index (κ1) is 19.0. The molecule has 1 aliphatic heterocycles. The van der Waals surface area contributed by atoms with Crippen LogP contribution < -0.4 is 4.90 Å². The molecule has 3 heterocycles. The summed E-state index contributed by atoms with van der Waals surface area (Å²) >= 11 is 0. The van der Waals surface area contributed by atoms with Crippen molar-refractivity contribution < 1.29 is 14.1 Å². The molecule has 0 radical (unpaired) electrons. The lowest BCUT2D eigenvalue weighted by molar-refractivity contribution is -0.384. The quantitative estimate of drug-likeness (QED) is 0.561. The first-order valence-corrected chi connectivity index (χ1v) is 8.80. The summed E-state index contributed by atoms with van der Waals surface area (Å²) in [7, 11) is 2.04. The van der Waals surface area contributed by atoms with Crippen LogP contribution in [0.25, 0.3) is 0 Å². The lowest BCUT2D eigenvalue weighted by atomic mass is 10.3. The van der Waals surface area contributed by atoms with Crippen LogP contribution in [0.5, 0.6) is 0 Å². The standard InChI is InChI=1S/C18H23N5O4/c1-14-5-6-15(27-14)12-22(18-16(23(25)26)4-3-7-19-18)17(24)13-21-10-8-20(2)9-11-21/h3-7H,8-13H2,1-2H3. The molecule has 1 saturated heterocycles. The summed E-state index contributed by atoms with van der Waals surface area (Å²) in [6.45, 7) is 5.41. The Morgan fingerprint density at radius 1 is 1.30 bits per heavy atom. The van der Waals surface area contributed by atoms with Crippen molar-refractivity contribution in [2.45, 2.75) is 13.5 Å². The van der Waals surface area contributed by atoms with E-state index in [-0.39, 0.29) is 30.5 Å². The molecule has 9 heteroatoms. The lowest BCUT2D eigenvalue weighted by Crippen LogP contribution is -2.49. The number of hydrogen-bond donors (Lipinski definition) is 0. The maximum absolute atomic E-state index is 13.0. The number of aromatic nitrogens is 1. The number of hydrogen-bond acceptors (Lipinski definition) is 7. The lowest BCUT2D eigenvalue weighted by Gasteiger charge is -2.33. The topological polar surface area (TPSA) is 96.0 Å². The summed E-state index contributed by atoms with van der Waals surface area (Å²) in [5.74, 6) is 1.07. The van der Waals surface area contributed by atoms with Gasteiger partial charge in [0, 0.05) is 38.4 Å². The summed E-state index contributed by atoms with van der Waals surface area (Å²) in [6, 6.07) is 6.40. The van der Waals surface area contributed by atoms with Crippen molar-refractivity contribution in [3.8, 4) is 0 Å². The number of aryl methyl sites for hydroxylation is 1. The molecule has 0 unspecified atom stereocenters. The van der Waals surface area contributed by atoms with Gasteiger partial charge in [0.25, 0.3) is 0 Å². The van der Waals surface area contributed by atoms with E-state index in [1.807, 2.05) is 14.0 Å². The molecule has 0 atom stereocenters. The third-order valence-electron chi connectivity index (χ3n) is 4.58. The van der Waals surface area contributed by atoms with E-state index in [0.29, 0.717) is 11.5 Å². The van der Waals surface area contributed by atoms with E-state index >= 15 is 0 Å². The molecule has 2 aromatic rings. The Labute approximate surface area is 157 Å². The molecule has 0 aromatic carbocycles. The van der Waals surface area contributed by atoms with Gasteiger partial charge in [0.1, 0.15) is 11.5 Å². The second-order valence-electron chi connectivity index (χ2n) is 6.67. The Balaban J connectivity index is 1.85. The number of carbonyl (C=O) groups excluding carboxylic acids is 1. The molecular weight excluding hydrogens is 350 g/mol. The summed E-state index contributed by atoms with van der Waals surface area (Å²) in [5.41, 5.74) is -0.201. The van der Waals surface area contributed by atoms with Gasteiger partial charge in [0.05, 0.1) is 18.0 Å². The Kier molecular flexibility index (Phi) is 5.82. The summed E-state index contributed by atoms with van der Waals surface area (Å²) in [4.78, 5) is 33.7. The largest absolute Gasteiger partial charge is 0.464 e. The van der Waals surface area contributed by atoms with Crippen LogP contribution in [0.2, 0.25) is 0 Å². The molecule has 27 heavy (non-hydrogen) atoms. The number of nitro groups is 1. The molecule has 9 nitrogen and oxygen atoms in total. The fourth-order valence-electron chi connectivity index (χ4n) is 3.03. The second kappa shape index (κ2) is 8.28. The Hall–Kier alpha value is -2.78. The minimum atomic E-state index is -0.522. The number of rotatable bonds is 6. The number of piperazine rings is 1. The van der Waals surface area contributed by atoms with Crippen molar-refractivity contribution in [2.24, 2.45) is 0 Å². The van der Waals surface area contributed by atoms with Gasteiger partial charge in [-0.15, -0.1) is 0 Å². The first-order valence-electron chi connectivity index (χ1n) is 8.80. The van der Waals surface area contributed by atoms with Crippen molar-refractivity contribution in [1.29, 1.82) is 0 Å². The molecule has 144 valence electrons. The normalized spacial score (nSPS) is 15.6. The summed E-state index contributed by atoms with van der Waals surface area (Å²) in [5, 5.41) is 11.4. The van der Waals surface area contributed by atoms with Crippen LogP contribution in [-0.4, -0.2) is 65.4 Å². The van der Waals surface area contributed by atoms with Crippen molar-refractivity contribution >= 4 is 17.4 Å². The Morgan fingerprint density at radius 3 is 2.67 bits per heavy atom. The van der Waals surface area contributed by atoms with Gasteiger partial charge in [-0.1, -0.05) is 0 Å². The van der Waals surface area contributed by atoms with Crippen LogP contribution >= 0.6 is 0 Å². The highest BCUT2D eigenvalue weighted by atomic mass is 16.6. The monoisotopic (exact) mass is 373 g/mol. The highest BCUT2D eigenvalue weighted by molar-refractivity contribution is 5.95. The summed E-state index contributed by atoms with van der Waals surface area (Å²) in [6.07, 6.45) is 1.45. The molecule has 0 N–H and O–H groups in total. The van der Waals surface area contributed by atoms with Crippen LogP contribution in [0.3, 0.4) is 0 Å². The van der Waals surface area contributed by atoms with Gasteiger partial charge in [-0.25, -0.2) is 4.98 Å². The van der Waals surface area contributed by atoms with Gasteiger partial charge in [-0.3, -0.25) is 24.7 Å². The number of nitrogens with zero attached hydrogens (tertiary/aromatic N) is 5. The third kappa shape index (κ3) is 4.69. The zero-order chi connectivity index (χ0) is 19.4. The third-order valence-corrected chi connectivity index (χ3v) is 4.58. The van der Waals surface area contributed by atoms with Crippen molar-refractivity contribution in [2.75, 3.05) is 44.7 Å². The minimum absolute atomic E-state index is 0.0377. The average Bonchev–Trinajstić information content (AvgIpc) is 3.06. The zero-order valence-corrected chi connectivity index (χ0v) is 15.5.